The Balaban J connectivity index is 1.96. The van der Waals surface area contributed by atoms with E-state index in [9.17, 15) is 14.9 Å². The van der Waals surface area contributed by atoms with Crippen molar-refractivity contribution in [2.45, 2.75) is 13.8 Å². The number of nitriles is 1. The summed E-state index contributed by atoms with van der Waals surface area (Å²) in [6, 6.07) is 9.50. The molecule has 1 aromatic carbocycles. The zero-order chi connectivity index (χ0) is 18.8. The highest BCUT2D eigenvalue weighted by molar-refractivity contribution is 7.22. The molecule has 0 aliphatic rings. The highest BCUT2D eigenvalue weighted by Gasteiger charge is 2.24. The topological polar surface area (TPSA) is 79.2 Å². The summed E-state index contributed by atoms with van der Waals surface area (Å²) in [4.78, 5) is 25.4. The minimum atomic E-state index is -0.508. The van der Waals surface area contributed by atoms with Crippen molar-refractivity contribution in [1.29, 1.82) is 5.26 Å². The summed E-state index contributed by atoms with van der Waals surface area (Å²) in [7, 11) is 0. The third kappa shape index (κ3) is 3.19. The van der Waals surface area contributed by atoms with Crippen molar-refractivity contribution in [2.24, 2.45) is 0 Å². The summed E-state index contributed by atoms with van der Waals surface area (Å²) in [6.45, 7) is 3.60. The van der Waals surface area contributed by atoms with Gasteiger partial charge in [-0.05, 0) is 25.5 Å². The van der Waals surface area contributed by atoms with Crippen molar-refractivity contribution in [1.82, 2.24) is 0 Å². The van der Waals surface area contributed by atoms with Gasteiger partial charge >= 0.3 is 5.97 Å². The Hall–Kier alpha value is -2.40. The predicted octanol–water partition coefficient (Wildman–Crippen LogP) is 5.23. The number of anilines is 1. The van der Waals surface area contributed by atoms with Gasteiger partial charge in [-0.25, -0.2) is 4.79 Å². The number of esters is 1. The average molecular weight is 405 g/mol. The number of nitrogens with zero attached hydrogens (tertiary/aromatic N) is 1. The number of carbonyl (C=O) groups is 2. The predicted molar refractivity (Wildman–Crippen MR) is 105 cm³/mol. The fourth-order valence-electron chi connectivity index (χ4n) is 2.45. The number of ether oxygens (including phenoxy) is 1. The van der Waals surface area contributed by atoms with E-state index in [0.717, 1.165) is 21.4 Å². The first-order valence-electron chi connectivity index (χ1n) is 7.66. The highest BCUT2D eigenvalue weighted by atomic mass is 35.5. The molecule has 0 aliphatic carbocycles. The number of amides is 1. The molecule has 0 fully saturated rings. The molecule has 0 radical (unpaired) electrons. The van der Waals surface area contributed by atoms with Gasteiger partial charge in [-0.15, -0.1) is 22.7 Å². The summed E-state index contributed by atoms with van der Waals surface area (Å²) >= 11 is 8.64. The van der Waals surface area contributed by atoms with Gasteiger partial charge in [0.1, 0.15) is 20.8 Å². The number of hydrogen-bond acceptors (Lipinski definition) is 6. The van der Waals surface area contributed by atoms with Crippen LogP contribution < -0.4 is 5.32 Å². The molecule has 0 unspecified atom stereocenters. The average Bonchev–Trinajstić information content (AvgIpc) is 3.13. The van der Waals surface area contributed by atoms with Crippen LogP contribution in [-0.4, -0.2) is 18.5 Å². The third-order valence-electron chi connectivity index (χ3n) is 3.69. The Kier molecular flexibility index (Phi) is 5.28. The van der Waals surface area contributed by atoms with Crippen LogP contribution in [0.1, 0.15) is 37.4 Å². The Morgan fingerprint density at radius 1 is 1.27 bits per heavy atom. The lowest BCUT2D eigenvalue weighted by Gasteiger charge is -2.01. The lowest BCUT2D eigenvalue weighted by atomic mass is 10.2. The van der Waals surface area contributed by atoms with Crippen LogP contribution >= 0.6 is 34.3 Å². The van der Waals surface area contributed by atoms with Gasteiger partial charge in [0.25, 0.3) is 5.91 Å². The highest BCUT2D eigenvalue weighted by Crippen LogP contribution is 2.37. The zero-order valence-electron chi connectivity index (χ0n) is 13.9. The molecule has 26 heavy (non-hydrogen) atoms. The van der Waals surface area contributed by atoms with Gasteiger partial charge < -0.3 is 10.1 Å². The molecule has 2 heterocycles. The number of nitrogens with one attached hydrogen (secondary N) is 1. The Morgan fingerprint density at radius 3 is 2.65 bits per heavy atom. The van der Waals surface area contributed by atoms with Crippen molar-refractivity contribution in [3.63, 3.8) is 0 Å². The molecular weight excluding hydrogens is 392 g/mol. The normalized spacial score (nSPS) is 10.5. The van der Waals surface area contributed by atoms with E-state index in [1.807, 2.05) is 30.3 Å². The molecule has 0 atom stereocenters. The minimum Gasteiger partial charge on any atom is -0.462 e. The zero-order valence-corrected chi connectivity index (χ0v) is 16.3. The van der Waals surface area contributed by atoms with Crippen molar-refractivity contribution in [3.8, 4) is 6.07 Å². The molecule has 1 N–H and O–H groups in total. The number of carbonyl (C=O) groups excluding carboxylic acids is 2. The fourth-order valence-corrected chi connectivity index (χ4v) is 4.91. The monoisotopic (exact) mass is 404 g/mol. The molecule has 8 heteroatoms. The largest absolute Gasteiger partial charge is 0.462 e. The third-order valence-corrected chi connectivity index (χ3v) is 6.55. The van der Waals surface area contributed by atoms with E-state index in [2.05, 4.69) is 5.32 Å². The molecule has 0 saturated carbocycles. The molecule has 0 spiro atoms. The summed E-state index contributed by atoms with van der Waals surface area (Å²) < 4.78 is 5.90. The molecular formula is C18H13ClN2O3S2. The quantitative estimate of drug-likeness (QED) is 0.604. The molecule has 0 bridgehead atoms. The number of thiophene rings is 2. The molecule has 132 valence electrons. The van der Waals surface area contributed by atoms with Crippen LogP contribution in [0.15, 0.2) is 24.3 Å². The molecule has 3 aromatic rings. The van der Waals surface area contributed by atoms with Crippen molar-refractivity contribution in [3.05, 3.63) is 50.2 Å². The van der Waals surface area contributed by atoms with E-state index >= 15 is 0 Å². The van der Waals surface area contributed by atoms with Gasteiger partial charge in [-0.1, -0.05) is 29.8 Å². The van der Waals surface area contributed by atoms with Crippen molar-refractivity contribution < 1.29 is 14.3 Å². The van der Waals surface area contributed by atoms with Crippen LogP contribution in [-0.2, 0) is 4.74 Å². The second-order valence-corrected chi connectivity index (χ2v) is 7.74. The maximum Gasteiger partial charge on any atom is 0.348 e. The van der Waals surface area contributed by atoms with Crippen LogP contribution in [0.5, 0.6) is 0 Å². The van der Waals surface area contributed by atoms with E-state index in [-0.39, 0.29) is 12.2 Å². The number of rotatable bonds is 4. The lowest BCUT2D eigenvalue weighted by Crippen LogP contribution is -2.10. The van der Waals surface area contributed by atoms with Crippen LogP contribution in [0.4, 0.5) is 5.00 Å². The van der Waals surface area contributed by atoms with E-state index in [1.54, 1.807) is 13.8 Å². The molecule has 0 saturated heterocycles. The first-order chi connectivity index (χ1) is 12.5. The molecule has 0 aliphatic heterocycles. The first kappa shape index (κ1) is 18.4. The number of fused-ring (bicyclic) bond motifs is 1. The summed E-state index contributed by atoms with van der Waals surface area (Å²) in [5.74, 6) is -0.920. The minimum absolute atomic E-state index is 0.233. The van der Waals surface area contributed by atoms with Crippen LogP contribution in [0.25, 0.3) is 10.1 Å². The second kappa shape index (κ2) is 7.46. The molecule has 1 amide bonds. The summed E-state index contributed by atoms with van der Waals surface area (Å²) in [5, 5.41) is 13.6. The number of halogens is 1. The Morgan fingerprint density at radius 2 is 2.00 bits per heavy atom. The van der Waals surface area contributed by atoms with E-state index in [1.165, 1.54) is 11.3 Å². The first-order valence-corrected chi connectivity index (χ1v) is 9.68. The molecule has 3 rings (SSSR count). The molecule has 2 aromatic heterocycles. The smallest absolute Gasteiger partial charge is 0.348 e. The van der Waals surface area contributed by atoms with Gasteiger partial charge in [-0.2, -0.15) is 5.26 Å². The maximum atomic E-state index is 12.7. The summed E-state index contributed by atoms with van der Waals surface area (Å²) in [6.07, 6.45) is 0. The van der Waals surface area contributed by atoms with Crippen LogP contribution in [0.2, 0.25) is 5.02 Å². The van der Waals surface area contributed by atoms with Gasteiger partial charge in [0.2, 0.25) is 0 Å². The van der Waals surface area contributed by atoms with Gasteiger partial charge in [0.05, 0.1) is 17.2 Å². The fraction of sp³-hybridized carbons (Fsp3) is 0.167. The van der Waals surface area contributed by atoms with E-state index in [4.69, 9.17) is 16.3 Å². The van der Waals surface area contributed by atoms with Crippen LogP contribution in [0, 0.1) is 18.3 Å². The number of benzene rings is 1. The maximum absolute atomic E-state index is 12.7. The van der Waals surface area contributed by atoms with Crippen molar-refractivity contribution in [2.75, 3.05) is 11.9 Å². The van der Waals surface area contributed by atoms with Gasteiger partial charge in [0.15, 0.2) is 0 Å². The van der Waals surface area contributed by atoms with Crippen LogP contribution in [0.3, 0.4) is 0 Å². The standard InChI is InChI=1S/C18H13ClN2O3S2/c1-3-24-18(23)14-9(2)11(8-20)17(26-14)21-16(22)15-13(19)10-6-4-5-7-12(10)25-15/h4-7H,3H2,1-2H3,(H,21,22). The van der Waals surface area contributed by atoms with Crippen molar-refractivity contribution >= 4 is 61.2 Å². The van der Waals surface area contributed by atoms with E-state index in [0.29, 0.717) is 25.3 Å². The molecule has 5 nitrogen and oxygen atoms in total. The van der Waals surface area contributed by atoms with E-state index < -0.39 is 11.9 Å². The Bertz CT molecular complexity index is 1060. The summed E-state index contributed by atoms with van der Waals surface area (Å²) in [5.41, 5.74) is 0.748. The SMILES string of the molecule is CCOC(=O)c1sc(NC(=O)c2sc3ccccc3c2Cl)c(C#N)c1C. The number of hydrogen-bond donors (Lipinski definition) is 1. The Labute approximate surface area is 162 Å². The van der Waals surface area contributed by atoms with Gasteiger partial charge in [0, 0.05) is 10.1 Å². The van der Waals surface area contributed by atoms with Gasteiger partial charge in [-0.3, -0.25) is 4.79 Å². The second-order valence-electron chi connectivity index (χ2n) is 5.29. The lowest BCUT2D eigenvalue weighted by molar-refractivity contribution is 0.0531.